The summed E-state index contributed by atoms with van der Waals surface area (Å²) in [4.78, 5) is 12.3. The van der Waals surface area contributed by atoms with Gasteiger partial charge in [0.15, 0.2) is 0 Å². The molecular weight excluding hydrogens is 306 g/mol. The lowest BCUT2D eigenvalue weighted by molar-refractivity contribution is 0.402. The van der Waals surface area contributed by atoms with Gasteiger partial charge in [0.1, 0.15) is 22.7 Å². The SMILES string of the molecule is Oc1ccc(CC2CCN(c3ncnc4sccc34)CC2)cc1. The van der Waals surface area contributed by atoms with E-state index in [1.807, 2.05) is 12.1 Å². The van der Waals surface area contributed by atoms with Crippen LogP contribution in [0.5, 0.6) is 5.75 Å². The molecule has 118 valence electrons. The Balaban J connectivity index is 1.43. The highest BCUT2D eigenvalue weighted by Crippen LogP contribution is 2.30. The second kappa shape index (κ2) is 6.16. The monoisotopic (exact) mass is 325 g/mol. The van der Waals surface area contributed by atoms with Crippen LogP contribution in [0.1, 0.15) is 18.4 Å². The zero-order valence-corrected chi connectivity index (χ0v) is 13.7. The van der Waals surface area contributed by atoms with Gasteiger partial charge in [0, 0.05) is 13.1 Å². The second-order valence-corrected chi connectivity index (χ2v) is 7.03. The maximum atomic E-state index is 9.37. The van der Waals surface area contributed by atoms with E-state index >= 15 is 0 Å². The first-order valence-corrected chi connectivity index (χ1v) is 8.88. The topological polar surface area (TPSA) is 49.2 Å². The number of aromatic nitrogens is 2. The van der Waals surface area contributed by atoms with Crippen molar-refractivity contribution in [1.82, 2.24) is 9.97 Å². The van der Waals surface area contributed by atoms with Crippen LogP contribution in [-0.4, -0.2) is 28.2 Å². The normalized spacial score (nSPS) is 16.1. The van der Waals surface area contributed by atoms with Crippen molar-refractivity contribution in [3.63, 3.8) is 0 Å². The smallest absolute Gasteiger partial charge is 0.140 e. The lowest BCUT2D eigenvalue weighted by Gasteiger charge is -2.33. The Labute approximate surface area is 139 Å². The van der Waals surface area contributed by atoms with Crippen molar-refractivity contribution < 1.29 is 5.11 Å². The molecule has 0 saturated carbocycles. The summed E-state index contributed by atoms with van der Waals surface area (Å²) in [5.41, 5.74) is 1.31. The molecule has 1 aliphatic heterocycles. The van der Waals surface area contributed by atoms with Crippen LogP contribution in [-0.2, 0) is 6.42 Å². The standard InChI is InChI=1S/C18H19N3OS/c22-15-3-1-13(2-4-15)11-14-5-8-21(9-6-14)17-16-7-10-23-18(16)20-12-19-17/h1-4,7,10,12,14,22H,5-6,8-9,11H2. The Bertz CT molecular complexity index is 791. The third-order valence-electron chi connectivity index (χ3n) is 4.62. The Morgan fingerprint density at radius 3 is 2.65 bits per heavy atom. The maximum Gasteiger partial charge on any atom is 0.140 e. The van der Waals surface area contributed by atoms with Crippen molar-refractivity contribution in [1.29, 1.82) is 0 Å². The summed E-state index contributed by atoms with van der Waals surface area (Å²) in [5.74, 6) is 2.13. The molecule has 4 rings (SSSR count). The molecule has 0 radical (unpaired) electrons. The minimum Gasteiger partial charge on any atom is -0.508 e. The van der Waals surface area contributed by atoms with Gasteiger partial charge in [-0.05, 0) is 54.3 Å². The Kier molecular flexibility index (Phi) is 3.87. The van der Waals surface area contributed by atoms with Crippen LogP contribution in [0.2, 0.25) is 0 Å². The van der Waals surface area contributed by atoms with Crippen LogP contribution in [0.25, 0.3) is 10.2 Å². The number of rotatable bonds is 3. The molecule has 0 unspecified atom stereocenters. The highest BCUT2D eigenvalue weighted by Gasteiger charge is 2.22. The van der Waals surface area contributed by atoms with Crippen LogP contribution in [0.4, 0.5) is 5.82 Å². The van der Waals surface area contributed by atoms with Gasteiger partial charge in [-0.15, -0.1) is 11.3 Å². The van der Waals surface area contributed by atoms with Gasteiger partial charge in [-0.2, -0.15) is 0 Å². The Morgan fingerprint density at radius 1 is 1.09 bits per heavy atom. The first kappa shape index (κ1) is 14.5. The van der Waals surface area contributed by atoms with Crippen molar-refractivity contribution in [2.45, 2.75) is 19.3 Å². The summed E-state index contributed by atoms with van der Waals surface area (Å²) in [7, 11) is 0. The molecule has 0 spiro atoms. The van der Waals surface area contributed by atoms with Gasteiger partial charge in [-0.1, -0.05) is 12.1 Å². The largest absolute Gasteiger partial charge is 0.508 e. The molecule has 1 fully saturated rings. The van der Waals surface area contributed by atoms with Crippen molar-refractivity contribution in [2.24, 2.45) is 5.92 Å². The average molecular weight is 325 g/mol. The van der Waals surface area contributed by atoms with Crippen LogP contribution in [0.15, 0.2) is 42.0 Å². The van der Waals surface area contributed by atoms with E-state index < -0.39 is 0 Å². The lowest BCUT2D eigenvalue weighted by Crippen LogP contribution is -2.35. The molecule has 4 nitrogen and oxygen atoms in total. The molecule has 0 atom stereocenters. The van der Waals surface area contributed by atoms with Crippen molar-refractivity contribution >= 4 is 27.4 Å². The summed E-state index contributed by atoms with van der Waals surface area (Å²) < 4.78 is 0. The third-order valence-corrected chi connectivity index (χ3v) is 5.44. The molecule has 0 aliphatic carbocycles. The molecular formula is C18H19N3OS. The maximum absolute atomic E-state index is 9.37. The lowest BCUT2D eigenvalue weighted by atomic mass is 9.90. The molecule has 1 aromatic carbocycles. The predicted molar refractivity (Wildman–Crippen MR) is 94.2 cm³/mol. The number of benzene rings is 1. The van der Waals surface area contributed by atoms with Gasteiger partial charge in [-0.25, -0.2) is 9.97 Å². The average Bonchev–Trinajstić information content (AvgIpc) is 3.06. The number of nitrogens with zero attached hydrogens (tertiary/aromatic N) is 3. The van der Waals surface area contributed by atoms with E-state index in [0.29, 0.717) is 11.7 Å². The molecule has 0 bridgehead atoms. The van der Waals surface area contributed by atoms with Gasteiger partial charge in [0.05, 0.1) is 5.39 Å². The first-order valence-electron chi connectivity index (χ1n) is 8.00. The van der Waals surface area contributed by atoms with Crippen LogP contribution >= 0.6 is 11.3 Å². The fraction of sp³-hybridized carbons (Fsp3) is 0.333. The van der Waals surface area contributed by atoms with E-state index in [2.05, 4.69) is 26.3 Å². The summed E-state index contributed by atoms with van der Waals surface area (Å²) >= 11 is 1.67. The van der Waals surface area contributed by atoms with Gasteiger partial charge in [0.25, 0.3) is 0 Å². The number of phenols is 1. The minimum atomic E-state index is 0.340. The zero-order chi connectivity index (χ0) is 15.6. The summed E-state index contributed by atoms with van der Waals surface area (Å²) in [6.07, 6.45) is 5.12. The quantitative estimate of drug-likeness (QED) is 0.794. The molecule has 1 aliphatic rings. The highest BCUT2D eigenvalue weighted by atomic mass is 32.1. The van der Waals surface area contributed by atoms with E-state index in [0.717, 1.165) is 30.2 Å². The summed E-state index contributed by atoms with van der Waals surface area (Å²) in [6.45, 7) is 2.09. The first-order chi connectivity index (χ1) is 11.3. The Hall–Kier alpha value is -2.14. The molecule has 0 amide bonds. The molecule has 1 saturated heterocycles. The van der Waals surface area contributed by atoms with Crippen molar-refractivity contribution in [2.75, 3.05) is 18.0 Å². The summed E-state index contributed by atoms with van der Waals surface area (Å²) in [6, 6.07) is 9.73. The molecule has 5 heteroatoms. The molecule has 1 N–H and O–H groups in total. The second-order valence-electron chi connectivity index (χ2n) is 6.14. The predicted octanol–water partition coefficient (Wildman–Crippen LogP) is 3.86. The molecule has 3 aromatic rings. The van der Waals surface area contributed by atoms with E-state index in [1.165, 1.54) is 23.8 Å². The highest BCUT2D eigenvalue weighted by molar-refractivity contribution is 7.16. The number of phenolic OH excluding ortho intramolecular Hbond substituents is 1. The van der Waals surface area contributed by atoms with E-state index in [1.54, 1.807) is 29.8 Å². The summed E-state index contributed by atoms with van der Waals surface area (Å²) in [5, 5.41) is 12.6. The zero-order valence-electron chi connectivity index (χ0n) is 12.9. The number of hydrogen-bond acceptors (Lipinski definition) is 5. The van der Waals surface area contributed by atoms with Gasteiger partial charge in [-0.3, -0.25) is 0 Å². The molecule has 23 heavy (non-hydrogen) atoms. The van der Waals surface area contributed by atoms with E-state index in [-0.39, 0.29) is 0 Å². The van der Waals surface area contributed by atoms with Crippen molar-refractivity contribution in [3.05, 3.63) is 47.6 Å². The van der Waals surface area contributed by atoms with Gasteiger partial charge in [0.2, 0.25) is 0 Å². The number of thiophene rings is 1. The van der Waals surface area contributed by atoms with Crippen LogP contribution < -0.4 is 4.90 Å². The number of fused-ring (bicyclic) bond motifs is 1. The van der Waals surface area contributed by atoms with Gasteiger partial charge < -0.3 is 10.0 Å². The van der Waals surface area contributed by atoms with Crippen LogP contribution in [0.3, 0.4) is 0 Å². The number of aromatic hydroxyl groups is 1. The number of piperidine rings is 1. The number of hydrogen-bond donors (Lipinski definition) is 1. The van der Waals surface area contributed by atoms with E-state index in [9.17, 15) is 5.11 Å². The number of anilines is 1. The van der Waals surface area contributed by atoms with Gasteiger partial charge >= 0.3 is 0 Å². The fourth-order valence-electron chi connectivity index (χ4n) is 3.34. The minimum absolute atomic E-state index is 0.340. The van der Waals surface area contributed by atoms with Crippen LogP contribution in [0, 0.1) is 5.92 Å². The van der Waals surface area contributed by atoms with Crippen molar-refractivity contribution in [3.8, 4) is 5.75 Å². The Morgan fingerprint density at radius 2 is 1.87 bits per heavy atom. The molecule has 3 heterocycles. The molecule has 2 aromatic heterocycles. The van der Waals surface area contributed by atoms with E-state index in [4.69, 9.17) is 0 Å². The fourth-order valence-corrected chi connectivity index (χ4v) is 4.07. The third kappa shape index (κ3) is 3.01.